The van der Waals surface area contributed by atoms with Crippen LogP contribution in [-0.2, 0) is 0 Å². The molecule has 2 rings (SSSR count). The van der Waals surface area contributed by atoms with Crippen LogP contribution in [0.5, 0.6) is 0 Å². The average molecular weight is 165 g/mol. The smallest absolute Gasteiger partial charge is 0.136 e. The van der Waals surface area contributed by atoms with Crippen LogP contribution < -0.4 is 0 Å². The highest BCUT2D eigenvalue weighted by Crippen LogP contribution is 2.46. The molecule has 12 heavy (non-hydrogen) atoms. The van der Waals surface area contributed by atoms with E-state index in [0.717, 1.165) is 5.92 Å². The van der Waals surface area contributed by atoms with Crippen molar-refractivity contribution in [3.05, 3.63) is 12.2 Å². The molecule has 0 amide bonds. The van der Waals surface area contributed by atoms with Crippen LogP contribution >= 0.6 is 0 Å². The molecule has 1 aliphatic rings. The second-order valence-corrected chi connectivity index (χ2v) is 4.01. The van der Waals surface area contributed by atoms with Crippen molar-refractivity contribution in [1.29, 1.82) is 0 Å². The molecular weight excluding hydrogens is 150 g/mol. The number of rotatable bonds is 2. The van der Waals surface area contributed by atoms with Gasteiger partial charge in [-0.05, 0) is 26.2 Å². The molecule has 66 valence electrons. The maximum Gasteiger partial charge on any atom is 0.136 e. The van der Waals surface area contributed by atoms with E-state index in [0.29, 0.717) is 12.0 Å². The van der Waals surface area contributed by atoms with Crippen LogP contribution in [-0.4, -0.2) is 14.8 Å². The van der Waals surface area contributed by atoms with Crippen LogP contribution in [0, 0.1) is 5.92 Å². The fourth-order valence-electron chi connectivity index (χ4n) is 1.60. The summed E-state index contributed by atoms with van der Waals surface area (Å²) < 4.78 is 2.17. The Labute approximate surface area is 72.8 Å². The number of aromatic nitrogens is 3. The number of hydrogen-bond donors (Lipinski definition) is 0. The Kier molecular flexibility index (Phi) is 1.67. The van der Waals surface area contributed by atoms with Crippen molar-refractivity contribution in [2.24, 2.45) is 5.92 Å². The third-order valence-electron chi connectivity index (χ3n) is 2.60. The third-order valence-corrected chi connectivity index (χ3v) is 2.60. The lowest BCUT2D eigenvalue weighted by molar-refractivity contribution is 0.564. The monoisotopic (exact) mass is 165 g/mol. The van der Waals surface area contributed by atoms with Crippen LogP contribution in [0.15, 0.2) is 6.33 Å². The Balaban J connectivity index is 2.25. The van der Waals surface area contributed by atoms with Gasteiger partial charge in [0.15, 0.2) is 0 Å². The van der Waals surface area contributed by atoms with Gasteiger partial charge >= 0.3 is 0 Å². The lowest BCUT2D eigenvalue weighted by Crippen LogP contribution is -2.04. The Morgan fingerprint density at radius 3 is 2.75 bits per heavy atom. The molecule has 1 aromatic rings. The molecule has 3 heteroatoms. The van der Waals surface area contributed by atoms with E-state index in [1.165, 1.54) is 12.2 Å². The second-order valence-electron chi connectivity index (χ2n) is 4.01. The van der Waals surface area contributed by atoms with E-state index >= 15 is 0 Å². The fourth-order valence-corrected chi connectivity index (χ4v) is 1.60. The van der Waals surface area contributed by atoms with Gasteiger partial charge in [-0.15, -0.1) is 10.2 Å². The van der Waals surface area contributed by atoms with E-state index in [-0.39, 0.29) is 0 Å². The Morgan fingerprint density at radius 1 is 1.58 bits per heavy atom. The zero-order valence-electron chi connectivity index (χ0n) is 7.86. The van der Waals surface area contributed by atoms with Gasteiger partial charge in [0.1, 0.15) is 12.2 Å². The summed E-state index contributed by atoms with van der Waals surface area (Å²) in [5, 5.41) is 8.11. The predicted octanol–water partition coefficient (Wildman–Crippen LogP) is 1.98. The summed E-state index contributed by atoms with van der Waals surface area (Å²) in [4.78, 5) is 0. The minimum atomic E-state index is 0.489. The first-order chi connectivity index (χ1) is 5.70. The zero-order chi connectivity index (χ0) is 8.72. The zero-order valence-corrected chi connectivity index (χ0v) is 7.86. The Bertz CT molecular complexity index is 277. The minimum absolute atomic E-state index is 0.489. The first-order valence-electron chi connectivity index (χ1n) is 4.59. The first kappa shape index (κ1) is 7.77. The van der Waals surface area contributed by atoms with Crippen molar-refractivity contribution >= 4 is 0 Å². The summed E-state index contributed by atoms with van der Waals surface area (Å²) in [7, 11) is 0. The van der Waals surface area contributed by atoms with Gasteiger partial charge in [-0.2, -0.15) is 0 Å². The van der Waals surface area contributed by atoms with Gasteiger partial charge in [0.05, 0.1) is 0 Å². The van der Waals surface area contributed by atoms with Crippen molar-refractivity contribution in [3.63, 3.8) is 0 Å². The van der Waals surface area contributed by atoms with E-state index in [1.807, 2.05) is 6.33 Å². The molecule has 0 saturated heterocycles. The molecule has 0 spiro atoms. The van der Waals surface area contributed by atoms with Gasteiger partial charge in [0, 0.05) is 12.0 Å². The van der Waals surface area contributed by atoms with Gasteiger partial charge in [-0.3, -0.25) is 0 Å². The standard InChI is InChI=1S/C9H15N3/c1-6(2)12-5-10-11-9(12)8-4-7(8)3/h5-8H,4H2,1-3H3. The van der Waals surface area contributed by atoms with Crippen LogP contribution in [0.25, 0.3) is 0 Å². The third kappa shape index (κ3) is 1.13. The van der Waals surface area contributed by atoms with E-state index in [9.17, 15) is 0 Å². The summed E-state index contributed by atoms with van der Waals surface area (Å²) in [5.41, 5.74) is 0. The van der Waals surface area contributed by atoms with E-state index in [2.05, 4.69) is 35.5 Å². The van der Waals surface area contributed by atoms with Crippen LogP contribution in [0.1, 0.15) is 45.0 Å². The summed E-state index contributed by atoms with van der Waals surface area (Å²) in [6.45, 7) is 6.60. The molecule has 0 radical (unpaired) electrons. The van der Waals surface area contributed by atoms with E-state index < -0.39 is 0 Å². The molecule has 1 saturated carbocycles. The molecule has 2 atom stereocenters. The summed E-state index contributed by atoms with van der Waals surface area (Å²) >= 11 is 0. The highest BCUT2D eigenvalue weighted by molar-refractivity contribution is 5.09. The van der Waals surface area contributed by atoms with Crippen molar-refractivity contribution in [3.8, 4) is 0 Å². The molecule has 1 aromatic heterocycles. The molecule has 0 N–H and O–H groups in total. The van der Waals surface area contributed by atoms with Gasteiger partial charge in [0.2, 0.25) is 0 Å². The van der Waals surface area contributed by atoms with Gasteiger partial charge in [0.25, 0.3) is 0 Å². The summed E-state index contributed by atoms with van der Waals surface area (Å²) in [6, 6.07) is 0.489. The highest BCUT2D eigenvalue weighted by atomic mass is 15.3. The van der Waals surface area contributed by atoms with Crippen LogP contribution in [0.3, 0.4) is 0 Å². The number of nitrogens with zero attached hydrogens (tertiary/aromatic N) is 3. The Hall–Kier alpha value is -0.860. The Morgan fingerprint density at radius 2 is 2.25 bits per heavy atom. The topological polar surface area (TPSA) is 30.7 Å². The van der Waals surface area contributed by atoms with Crippen LogP contribution in [0.4, 0.5) is 0 Å². The minimum Gasteiger partial charge on any atom is -0.315 e. The predicted molar refractivity (Wildman–Crippen MR) is 46.9 cm³/mol. The molecule has 1 aliphatic carbocycles. The quantitative estimate of drug-likeness (QED) is 0.671. The lowest BCUT2D eigenvalue weighted by Gasteiger charge is -2.08. The normalized spacial score (nSPS) is 28.0. The maximum absolute atomic E-state index is 4.16. The van der Waals surface area contributed by atoms with Crippen LogP contribution in [0.2, 0.25) is 0 Å². The van der Waals surface area contributed by atoms with E-state index in [1.54, 1.807) is 0 Å². The molecular formula is C9H15N3. The molecule has 2 unspecified atom stereocenters. The van der Waals surface area contributed by atoms with Crippen molar-refractivity contribution < 1.29 is 0 Å². The summed E-state index contributed by atoms with van der Waals surface area (Å²) in [6.07, 6.45) is 3.12. The summed E-state index contributed by atoms with van der Waals surface area (Å²) in [5.74, 6) is 2.67. The molecule has 0 aliphatic heterocycles. The average Bonchev–Trinajstić information content (AvgIpc) is 2.58. The molecule has 0 aromatic carbocycles. The SMILES string of the molecule is CC1CC1c1nncn1C(C)C. The first-order valence-corrected chi connectivity index (χ1v) is 4.59. The maximum atomic E-state index is 4.16. The fraction of sp³-hybridized carbons (Fsp3) is 0.778. The number of hydrogen-bond acceptors (Lipinski definition) is 2. The molecule has 1 heterocycles. The molecule has 1 fully saturated rings. The lowest BCUT2D eigenvalue weighted by atomic mass is 10.3. The van der Waals surface area contributed by atoms with Crippen molar-refractivity contribution in [1.82, 2.24) is 14.8 Å². The molecule has 0 bridgehead atoms. The van der Waals surface area contributed by atoms with Gasteiger partial charge < -0.3 is 4.57 Å². The largest absolute Gasteiger partial charge is 0.315 e. The highest BCUT2D eigenvalue weighted by Gasteiger charge is 2.38. The van der Waals surface area contributed by atoms with Gasteiger partial charge in [-0.1, -0.05) is 6.92 Å². The van der Waals surface area contributed by atoms with Crippen molar-refractivity contribution in [2.75, 3.05) is 0 Å². The molecule has 3 nitrogen and oxygen atoms in total. The van der Waals surface area contributed by atoms with Gasteiger partial charge in [-0.25, -0.2) is 0 Å². The van der Waals surface area contributed by atoms with E-state index in [4.69, 9.17) is 0 Å². The van der Waals surface area contributed by atoms with Crippen molar-refractivity contribution in [2.45, 2.75) is 39.2 Å². The second kappa shape index (κ2) is 2.57.